The van der Waals surface area contributed by atoms with Gasteiger partial charge >= 0.3 is 0 Å². The molecule has 6 heteroatoms. The first kappa shape index (κ1) is 30.4. The molecule has 0 unspecified atom stereocenters. The minimum absolute atomic E-state index is 0. The zero-order valence-electron chi connectivity index (χ0n) is 25.5. The van der Waals surface area contributed by atoms with Crippen molar-refractivity contribution in [1.29, 1.82) is 0 Å². The molecule has 0 bridgehead atoms. The molecule has 0 fully saturated rings. The monoisotopic (exact) mass is 783 g/mol. The van der Waals surface area contributed by atoms with Gasteiger partial charge in [-0.05, 0) is 58.7 Å². The summed E-state index contributed by atoms with van der Waals surface area (Å²) in [5.74, 6) is 3.37. The third-order valence-corrected chi connectivity index (χ3v) is 8.29. The van der Waals surface area contributed by atoms with Crippen LogP contribution in [0.25, 0.3) is 33.6 Å². The van der Waals surface area contributed by atoms with Gasteiger partial charge in [0.15, 0.2) is 0 Å². The van der Waals surface area contributed by atoms with E-state index >= 15 is 0 Å². The molecule has 7 aromatic rings. The van der Waals surface area contributed by atoms with Crippen molar-refractivity contribution in [2.45, 2.75) is 6.92 Å². The topological polar surface area (TPSA) is 44.2 Å². The Morgan fingerprint density at radius 1 is 0.553 bits per heavy atom. The molecule has 4 heterocycles. The van der Waals surface area contributed by atoms with Gasteiger partial charge in [0.05, 0.1) is 0 Å². The van der Waals surface area contributed by atoms with Gasteiger partial charge in [0.2, 0.25) is 6.71 Å². The SMILES string of the molecule is Cc1ccc(-c2[c-]cccc2)nc1.[Ir].[c-]1ccc2c(c1-c1ccc(-c3ccccc3)cn1)Oc1cccc3c1B2c1ccccc1O3. The maximum absolute atomic E-state index is 6.49. The summed E-state index contributed by atoms with van der Waals surface area (Å²) in [7, 11) is 0. The molecule has 9 rings (SSSR count). The molecule has 0 saturated heterocycles. The van der Waals surface area contributed by atoms with Gasteiger partial charge in [-0.2, -0.15) is 0 Å². The van der Waals surface area contributed by atoms with Crippen molar-refractivity contribution in [3.8, 4) is 56.6 Å². The van der Waals surface area contributed by atoms with E-state index in [9.17, 15) is 0 Å². The summed E-state index contributed by atoms with van der Waals surface area (Å²) in [6.07, 6.45) is 3.78. The summed E-state index contributed by atoms with van der Waals surface area (Å²) >= 11 is 0. The van der Waals surface area contributed by atoms with Gasteiger partial charge in [-0.3, -0.25) is 0 Å². The largest absolute Gasteiger partial charge is 0.503 e. The van der Waals surface area contributed by atoms with Crippen molar-refractivity contribution < 1.29 is 29.6 Å². The number of ether oxygens (including phenoxy) is 2. The zero-order valence-corrected chi connectivity index (χ0v) is 27.9. The third-order valence-electron chi connectivity index (χ3n) is 8.29. The number of rotatable bonds is 3. The normalized spacial score (nSPS) is 11.6. The van der Waals surface area contributed by atoms with E-state index in [-0.39, 0.29) is 26.8 Å². The van der Waals surface area contributed by atoms with Crippen molar-refractivity contribution in [3.63, 3.8) is 0 Å². The summed E-state index contributed by atoms with van der Waals surface area (Å²) in [6.45, 7) is 2.08. The van der Waals surface area contributed by atoms with Crippen LogP contribution in [0.5, 0.6) is 23.0 Å². The maximum atomic E-state index is 6.49. The Morgan fingerprint density at radius 2 is 1.30 bits per heavy atom. The molecule has 47 heavy (non-hydrogen) atoms. The molecule has 2 aliphatic heterocycles. The van der Waals surface area contributed by atoms with Crippen LogP contribution in [-0.2, 0) is 20.1 Å². The number of pyridine rings is 2. The minimum atomic E-state index is 0. The van der Waals surface area contributed by atoms with E-state index in [2.05, 4.69) is 59.6 Å². The van der Waals surface area contributed by atoms with Crippen LogP contribution < -0.4 is 25.9 Å². The Balaban J connectivity index is 0.000000212. The van der Waals surface area contributed by atoms with E-state index in [0.29, 0.717) is 0 Å². The quantitative estimate of drug-likeness (QED) is 0.136. The average Bonchev–Trinajstić information content (AvgIpc) is 3.13. The fourth-order valence-corrected chi connectivity index (χ4v) is 6.06. The first-order chi connectivity index (χ1) is 22.7. The van der Waals surface area contributed by atoms with Crippen molar-refractivity contribution in [1.82, 2.24) is 9.97 Å². The molecule has 2 aliphatic rings. The third kappa shape index (κ3) is 5.90. The van der Waals surface area contributed by atoms with E-state index in [4.69, 9.17) is 14.5 Å². The van der Waals surface area contributed by atoms with E-state index in [0.717, 1.165) is 73.0 Å². The number of aryl methyl sites for hydroxylation is 1. The van der Waals surface area contributed by atoms with Crippen molar-refractivity contribution in [2.75, 3.05) is 0 Å². The fraction of sp³-hybridized carbons (Fsp3) is 0.0244. The van der Waals surface area contributed by atoms with Crippen LogP contribution in [0.4, 0.5) is 0 Å². The molecule has 227 valence electrons. The van der Waals surface area contributed by atoms with Crippen molar-refractivity contribution in [3.05, 3.63) is 164 Å². The number of para-hydroxylation sites is 1. The van der Waals surface area contributed by atoms with E-state index in [1.54, 1.807) is 0 Å². The van der Waals surface area contributed by atoms with Gasteiger partial charge in [0.25, 0.3) is 0 Å². The average molecular weight is 783 g/mol. The van der Waals surface area contributed by atoms with Crippen LogP contribution in [0.2, 0.25) is 0 Å². The van der Waals surface area contributed by atoms with Gasteiger partial charge in [-0.1, -0.05) is 84.4 Å². The Labute approximate surface area is 288 Å². The summed E-state index contributed by atoms with van der Waals surface area (Å²) in [4.78, 5) is 9.10. The molecule has 5 aromatic carbocycles. The molecule has 1 radical (unpaired) electrons. The van der Waals surface area contributed by atoms with Gasteiger partial charge in [0, 0.05) is 43.7 Å². The number of benzene rings is 5. The molecule has 0 atom stereocenters. The van der Waals surface area contributed by atoms with Crippen molar-refractivity contribution >= 4 is 23.1 Å². The van der Waals surface area contributed by atoms with Crippen LogP contribution in [0.15, 0.2) is 146 Å². The second-order valence-electron chi connectivity index (χ2n) is 11.3. The van der Waals surface area contributed by atoms with E-state index in [1.807, 2.05) is 110 Å². The molecule has 0 spiro atoms. The first-order valence-electron chi connectivity index (χ1n) is 15.3. The molecule has 0 N–H and O–H groups in total. The predicted molar refractivity (Wildman–Crippen MR) is 185 cm³/mol. The number of hydrogen-bond acceptors (Lipinski definition) is 4. The van der Waals surface area contributed by atoms with E-state index in [1.165, 1.54) is 5.56 Å². The van der Waals surface area contributed by atoms with Crippen LogP contribution in [0, 0.1) is 19.1 Å². The summed E-state index contributed by atoms with van der Waals surface area (Å²) in [5.41, 5.74) is 10.5. The second kappa shape index (κ2) is 13.2. The summed E-state index contributed by atoms with van der Waals surface area (Å²) < 4.78 is 12.7. The molecule has 0 aliphatic carbocycles. The van der Waals surface area contributed by atoms with Gasteiger partial charge in [-0.15, -0.1) is 59.6 Å². The Hall–Kier alpha value is -5.29. The molecule has 2 aromatic heterocycles. The van der Waals surface area contributed by atoms with Gasteiger partial charge in [-0.25, -0.2) is 0 Å². The minimum Gasteiger partial charge on any atom is -0.503 e. The predicted octanol–water partition coefficient (Wildman–Crippen LogP) is 7.80. The number of hydrogen-bond donors (Lipinski definition) is 0. The molecular formula is C41H27BIrN2O2-2. The molecule has 4 nitrogen and oxygen atoms in total. The van der Waals surface area contributed by atoms with Crippen LogP contribution in [0.3, 0.4) is 0 Å². The van der Waals surface area contributed by atoms with E-state index < -0.39 is 0 Å². The number of fused-ring (bicyclic) bond motifs is 4. The first-order valence-corrected chi connectivity index (χ1v) is 15.3. The molecule has 0 saturated carbocycles. The zero-order chi connectivity index (χ0) is 30.9. The second-order valence-corrected chi connectivity index (χ2v) is 11.3. The van der Waals surface area contributed by atoms with Crippen LogP contribution in [-0.4, -0.2) is 16.7 Å². The van der Waals surface area contributed by atoms with Crippen LogP contribution in [0.1, 0.15) is 5.56 Å². The van der Waals surface area contributed by atoms with Gasteiger partial charge in [0.1, 0.15) is 17.2 Å². The Bertz CT molecular complexity index is 2160. The standard InChI is InChI=1S/C29H17BNO2.C12H10N.Ir/c1-2-8-19(9-3-1)20-16-17-24(31-18-20)21-10-6-12-23-29(21)33-27-15-7-14-26-28(27)30(23)22-11-4-5-13-25(22)32-26;1-10-7-8-12(13-9-10)11-5-3-2-4-6-11;/h1-9,11-18H;2-5,7-9H,1H3;/q2*-1;. The maximum Gasteiger partial charge on any atom is 0.241 e. The Morgan fingerprint density at radius 3 is 2.06 bits per heavy atom. The Kier molecular flexibility index (Phi) is 8.54. The summed E-state index contributed by atoms with van der Waals surface area (Å²) in [5, 5.41) is 0. The smallest absolute Gasteiger partial charge is 0.241 e. The molecule has 0 amide bonds. The van der Waals surface area contributed by atoms with Crippen molar-refractivity contribution in [2.24, 2.45) is 0 Å². The number of nitrogens with zero attached hydrogens (tertiary/aromatic N) is 2. The molecular weight excluding hydrogens is 755 g/mol. The van der Waals surface area contributed by atoms with Gasteiger partial charge < -0.3 is 19.4 Å². The fourth-order valence-electron chi connectivity index (χ4n) is 6.06. The number of aromatic nitrogens is 2. The van der Waals surface area contributed by atoms with Crippen LogP contribution >= 0.6 is 0 Å². The summed E-state index contributed by atoms with van der Waals surface area (Å²) in [6, 6.07) is 51.2.